The molecule has 1 atom stereocenters. The molecule has 2 saturated heterocycles. The van der Waals surface area contributed by atoms with E-state index in [-0.39, 0.29) is 6.09 Å². The summed E-state index contributed by atoms with van der Waals surface area (Å²) >= 11 is 0. The van der Waals surface area contributed by atoms with Crippen LogP contribution in [0.25, 0.3) is 0 Å². The number of hydrogen-bond acceptors (Lipinski definition) is 3. The van der Waals surface area contributed by atoms with Crippen LogP contribution in [0.2, 0.25) is 0 Å². The van der Waals surface area contributed by atoms with E-state index in [1.807, 2.05) is 4.90 Å². The van der Waals surface area contributed by atoms with E-state index in [0.717, 1.165) is 37.8 Å². The number of ether oxygens (including phenoxy) is 1. The van der Waals surface area contributed by atoms with Gasteiger partial charge in [0.25, 0.3) is 0 Å². The van der Waals surface area contributed by atoms with Crippen LogP contribution in [-0.2, 0) is 4.74 Å². The van der Waals surface area contributed by atoms with Crippen LogP contribution in [0.15, 0.2) is 0 Å². The van der Waals surface area contributed by atoms with Gasteiger partial charge >= 0.3 is 6.09 Å². The number of likely N-dealkylation sites (tertiary alicyclic amines) is 1. The Hall–Kier alpha value is -0.770. The van der Waals surface area contributed by atoms with Crippen LogP contribution in [0, 0.1) is 11.8 Å². The predicted molar refractivity (Wildman–Crippen MR) is 57.7 cm³/mol. The average molecular weight is 212 g/mol. The molecule has 2 aliphatic heterocycles. The zero-order chi connectivity index (χ0) is 10.7. The molecule has 0 aromatic carbocycles. The van der Waals surface area contributed by atoms with Gasteiger partial charge in [0.2, 0.25) is 0 Å². The second kappa shape index (κ2) is 4.84. The van der Waals surface area contributed by atoms with Crippen LogP contribution >= 0.6 is 0 Å². The van der Waals surface area contributed by atoms with Gasteiger partial charge in [-0.25, -0.2) is 4.79 Å². The van der Waals surface area contributed by atoms with E-state index in [4.69, 9.17) is 4.74 Å². The number of nitrogens with one attached hydrogen (secondary N) is 1. The Balaban J connectivity index is 1.78. The van der Waals surface area contributed by atoms with Gasteiger partial charge in [-0.2, -0.15) is 0 Å². The van der Waals surface area contributed by atoms with Crippen molar-refractivity contribution >= 4 is 6.09 Å². The molecule has 1 unspecified atom stereocenters. The predicted octanol–water partition coefficient (Wildman–Crippen LogP) is 1.07. The van der Waals surface area contributed by atoms with Gasteiger partial charge in [-0.05, 0) is 44.2 Å². The highest BCUT2D eigenvalue weighted by Gasteiger charge is 2.30. The molecule has 4 nitrogen and oxygen atoms in total. The number of hydrogen-bond donors (Lipinski definition) is 1. The fourth-order valence-corrected chi connectivity index (χ4v) is 2.76. The fourth-order valence-electron chi connectivity index (χ4n) is 2.76. The van der Waals surface area contributed by atoms with E-state index >= 15 is 0 Å². The number of nitrogens with zero attached hydrogens (tertiary/aromatic N) is 1. The third-order valence-corrected chi connectivity index (χ3v) is 3.74. The van der Waals surface area contributed by atoms with Gasteiger partial charge in [0.1, 0.15) is 0 Å². The van der Waals surface area contributed by atoms with Crippen molar-refractivity contribution in [3.05, 3.63) is 0 Å². The largest absolute Gasteiger partial charge is 0.453 e. The van der Waals surface area contributed by atoms with Gasteiger partial charge in [0.15, 0.2) is 0 Å². The lowest BCUT2D eigenvalue weighted by Gasteiger charge is -2.33. The van der Waals surface area contributed by atoms with Crippen molar-refractivity contribution < 1.29 is 9.53 Å². The maximum Gasteiger partial charge on any atom is 0.409 e. The molecule has 2 fully saturated rings. The number of piperidine rings is 1. The summed E-state index contributed by atoms with van der Waals surface area (Å²) in [6.45, 7) is 4.08. The Morgan fingerprint density at radius 2 is 2.00 bits per heavy atom. The molecule has 0 aromatic heterocycles. The van der Waals surface area contributed by atoms with Gasteiger partial charge in [-0.1, -0.05) is 0 Å². The smallest absolute Gasteiger partial charge is 0.409 e. The quantitative estimate of drug-likeness (QED) is 0.707. The van der Waals surface area contributed by atoms with Crippen molar-refractivity contribution in [3.63, 3.8) is 0 Å². The van der Waals surface area contributed by atoms with Crippen molar-refractivity contribution in [2.75, 3.05) is 33.3 Å². The molecule has 0 aliphatic carbocycles. The molecular formula is C11H20N2O2. The second-order valence-electron chi connectivity index (χ2n) is 4.55. The summed E-state index contributed by atoms with van der Waals surface area (Å²) in [6, 6.07) is 0. The fraction of sp³-hybridized carbons (Fsp3) is 0.909. The minimum Gasteiger partial charge on any atom is -0.453 e. The standard InChI is InChI=1S/C11H20N2O2/c1-15-11(14)13-6-3-9(4-7-13)10-2-5-12-8-10/h9-10,12H,2-8H2,1H3. The molecule has 0 bridgehead atoms. The normalized spacial score (nSPS) is 28.1. The van der Waals surface area contributed by atoms with Gasteiger partial charge in [0.05, 0.1) is 7.11 Å². The molecule has 0 radical (unpaired) electrons. The van der Waals surface area contributed by atoms with Gasteiger partial charge < -0.3 is 15.0 Å². The monoisotopic (exact) mass is 212 g/mol. The first kappa shape index (κ1) is 10.7. The maximum absolute atomic E-state index is 11.3. The third kappa shape index (κ3) is 2.43. The number of rotatable bonds is 1. The van der Waals surface area contributed by atoms with Crippen LogP contribution < -0.4 is 5.32 Å². The first-order valence-corrected chi connectivity index (χ1v) is 5.85. The molecule has 1 N–H and O–H groups in total. The summed E-state index contributed by atoms with van der Waals surface area (Å²) in [6.07, 6.45) is 3.42. The van der Waals surface area contributed by atoms with Crippen LogP contribution in [0.3, 0.4) is 0 Å². The Kier molecular flexibility index (Phi) is 3.46. The van der Waals surface area contributed by atoms with E-state index in [1.54, 1.807) is 0 Å². The summed E-state index contributed by atoms with van der Waals surface area (Å²) in [5.41, 5.74) is 0. The summed E-state index contributed by atoms with van der Waals surface area (Å²) in [5, 5.41) is 3.41. The van der Waals surface area contributed by atoms with Crippen molar-refractivity contribution in [1.82, 2.24) is 10.2 Å². The lowest BCUT2D eigenvalue weighted by atomic mass is 9.84. The number of amides is 1. The van der Waals surface area contributed by atoms with Crippen molar-refractivity contribution in [2.24, 2.45) is 11.8 Å². The summed E-state index contributed by atoms with van der Waals surface area (Å²) in [7, 11) is 1.45. The van der Waals surface area contributed by atoms with E-state index in [1.165, 1.54) is 26.6 Å². The summed E-state index contributed by atoms with van der Waals surface area (Å²) in [5.74, 6) is 1.64. The Morgan fingerprint density at radius 3 is 2.53 bits per heavy atom. The van der Waals surface area contributed by atoms with E-state index in [0.29, 0.717) is 0 Å². The molecule has 2 rings (SSSR count). The summed E-state index contributed by atoms with van der Waals surface area (Å²) < 4.78 is 4.73. The molecule has 4 heteroatoms. The minimum absolute atomic E-state index is 0.169. The molecule has 2 heterocycles. The highest BCUT2D eigenvalue weighted by molar-refractivity contribution is 5.67. The minimum atomic E-state index is -0.169. The average Bonchev–Trinajstić information content (AvgIpc) is 2.82. The third-order valence-electron chi connectivity index (χ3n) is 3.74. The zero-order valence-corrected chi connectivity index (χ0v) is 9.37. The van der Waals surface area contributed by atoms with Gasteiger partial charge in [-0.15, -0.1) is 0 Å². The highest BCUT2D eigenvalue weighted by Crippen LogP contribution is 2.28. The molecule has 0 aromatic rings. The van der Waals surface area contributed by atoms with Gasteiger partial charge in [-0.3, -0.25) is 0 Å². The molecule has 0 saturated carbocycles. The first-order chi connectivity index (χ1) is 7.31. The Bertz CT molecular complexity index is 219. The topological polar surface area (TPSA) is 41.6 Å². The molecule has 1 amide bonds. The number of carbonyl (C=O) groups excluding carboxylic acids is 1. The van der Waals surface area contributed by atoms with Crippen LogP contribution in [0.4, 0.5) is 4.79 Å². The van der Waals surface area contributed by atoms with Crippen molar-refractivity contribution in [2.45, 2.75) is 19.3 Å². The number of carbonyl (C=O) groups is 1. The molecule has 0 spiro atoms. The summed E-state index contributed by atoms with van der Waals surface area (Å²) in [4.78, 5) is 13.1. The van der Waals surface area contributed by atoms with Crippen molar-refractivity contribution in [3.8, 4) is 0 Å². The van der Waals surface area contributed by atoms with Crippen LogP contribution in [0.5, 0.6) is 0 Å². The Morgan fingerprint density at radius 1 is 1.27 bits per heavy atom. The molecular weight excluding hydrogens is 192 g/mol. The molecule has 86 valence electrons. The van der Waals surface area contributed by atoms with Crippen LogP contribution in [-0.4, -0.2) is 44.3 Å². The Labute approximate surface area is 91.0 Å². The highest BCUT2D eigenvalue weighted by atomic mass is 16.5. The molecule has 15 heavy (non-hydrogen) atoms. The molecule has 2 aliphatic rings. The van der Waals surface area contributed by atoms with Gasteiger partial charge in [0, 0.05) is 13.1 Å². The number of methoxy groups -OCH3 is 1. The van der Waals surface area contributed by atoms with E-state index in [9.17, 15) is 4.79 Å². The first-order valence-electron chi connectivity index (χ1n) is 5.85. The zero-order valence-electron chi connectivity index (χ0n) is 9.37. The SMILES string of the molecule is COC(=O)N1CCC(C2CCNC2)CC1. The van der Waals surface area contributed by atoms with Crippen LogP contribution in [0.1, 0.15) is 19.3 Å². The lowest BCUT2D eigenvalue weighted by Crippen LogP contribution is -2.40. The maximum atomic E-state index is 11.3. The lowest BCUT2D eigenvalue weighted by molar-refractivity contribution is 0.0980. The van der Waals surface area contributed by atoms with E-state index in [2.05, 4.69) is 5.32 Å². The second-order valence-corrected chi connectivity index (χ2v) is 4.55. The van der Waals surface area contributed by atoms with E-state index < -0.39 is 0 Å². The van der Waals surface area contributed by atoms with Crippen molar-refractivity contribution in [1.29, 1.82) is 0 Å².